The molecule has 0 amide bonds. The number of likely N-dealkylation sites (tertiary alicyclic amines) is 1. The number of nitrogens with zero attached hydrogens (tertiary/aromatic N) is 3. The Morgan fingerprint density at radius 1 is 1.53 bits per heavy atom. The molecule has 19 heavy (non-hydrogen) atoms. The molecule has 4 heteroatoms. The summed E-state index contributed by atoms with van der Waals surface area (Å²) in [7, 11) is 2.12. The summed E-state index contributed by atoms with van der Waals surface area (Å²) in [6, 6.07) is 4.61. The maximum atomic E-state index is 9.47. The molecule has 2 unspecified atom stereocenters. The fraction of sp³-hybridized carbons (Fsp3) is 0.667. The molecule has 0 aromatic carbocycles. The molecule has 1 aliphatic rings. The van der Waals surface area contributed by atoms with Gasteiger partial charge in [0.15, 0.2) is 0 Å². The molecule has 2 heterocycles. The first-order valence-electron chi connectivity index (χ1n) is 7.21. The van der Waals surface area contributed by atoms with Crippen molar-refractivity contribution >= 4 is 5.69 Å². The van der Waals surface area contributed by atoms with Crippen LogP contribution < -0.4 is 4.90 Å². The van der Waals surface area contributed by atoms with Gasteiger partial charge in [0.05, 0.1) is 23.7 Å². The Labute approximate surface area is 116 Å². The van der Waals surface area contributed by atoms with Gasteiger partial charge in [-0.05, 0) is 45.0 Å². The smallest absolute Gasteiger partial charge is 0.0931 e. The van der Waals surface area contributed by atoms with E-state index in [-0.39, 0.29) is 0 Å². The van der Waals surface area contributed by atoms with Crippen molar-refractivity contribution in [2.45, 2.75) is 38.8 Å². The second-order valence-electron chi connectivity index (χ2n) is 5.42. The molecule has 106 valence electrons. The predicted molar refractivity (Wildman–Crippen MR) is 78.4 cm³/mol. The molecule has 0 aliphatic carbocycles. The summed E-state index contributed by atoms with van der Waals surface area (Å²) in [6.07, 6.45) is 3.96. The van der Waals surface area contributed by atoms with Crippen LogP contribution >= 0.6 is 0 Å². The maximum absolute atomic E-state index is 9.47. The Balaban J connectivity index is 1.97. The highest BCUT2D eigenvalue weighted by molar-refractivity contribution is 5.44. The van der Waals surface area contributed by atoms with Crippen LogP contribution in [0.2, 0.25) is 0 Å². The first-order chi connectivity index (χ1) is 9.11. The van der Waals surface area contributed by atoms with Crippen LogP contribution in [-0.2, 0) is 0 Å². The van der Waals surface area contributed by atoms with E-state index in [9.17, 15) is 5.11 Å². The summed E-state index contributed by atoms with van der Waals surface area (Å²) in [6.45, 7) is 7.39. The number of anilines is 1. The third-order valence-electron chi connectivity index (χ3n) is 4.03. The van der Waals surface area contributed by atoms with Crippen LogP contribution in [0.4, 0.5) is 5.69 Å². The Hall–Kier alpha value is -1.13. The van der Waals surface area contributed by atoms with Crippen LogP contribution in [0.15, 0.2) is 18.3 Å². The van der Waals surface area contributed by atoms with E-state index in [0.29, 0.717) is 6.04 Å². The average molecular weight is 263 g/mol. The van der Waals surface area contributed by atoms with E-state index in [1.807, 2.05) is 18.3 Å². The van der Waals surface area contributed by atoms with Crippen molar-refractivity contribution < 1.29 is 5.11 Å². The topological polar surface area (TPSA) is 39.6 Å². The van der Waals surface area contributed by atoms with Gasteiger partial charge in [0.25, 0.3) is 0 Å². The van der Waals surface area contributed by atoms with Gasteiger partial charge in [-0.2, -0.15) is 0 Å². The van der Waals surface area contributed by atoms with Gasteiger partial charge in [-0.15, -0.1) is 0 Å². The highest BCUT2D eigenvalue weighted by Crippen LogP contribution is 2.21. The maximum Gasteiger partial charge on any atom is 0.0931 e. The minimum absolute atomic E-state index is 0.496. The van der Waals surface area contributed by atoms with Crippen LogP contribution in [-0.4, -0.2) is 47.7 Å². The first-order valence-corrected chi connectivity index (χ1v) is 7.21. The molecule has 1 aromatic rings. The van der Waals surface area contributed by atoms with Crippen LogP contribution in [0.3, 0.4) is 0 Å². The van der Waals surface area contributed by atoms with Gasteiger partial charge in [-0.25, -0.2) is 0 Å². The van der Waals surface area contributed by atoms with E-state index < -0.39 is 6.10 Å². The van der Waals surface area contributed by atoms with Gasteiger partial charge in [0, 0.05) is 19.6 Å². The minimum Gasteiger partial charge on any atom is -0.387 e. The second kappa shape index (κ2) is 6.35. The molecule has 1 N–H and O–H groups in total. The highest BCUT2D eigenvalue weighted by Gasteiger charge is 2.24. The third kappa shape index (κ3) is 3.45. The van der Waals surface area contributed by atoms with E-state index >= 15 is 0 Å². The van der Waals surface area contributed by atoms with Crippen LogP contribution in [0, 0.1) is 0 Å². The first kappa shape index (κ1) is 14.3. The van der Waals surface area contributed by atoms with Crippen LogP contribution in [0.25, 0.3) is 0 Å². The molecular formula is C15H25N3O. The lowest BCUT2D eigenvalue weighted by atomic mass is 10.2. The summed E-state index contributed by atoms with van der Waals surface area (Å²) >= 11 is 0. The largest absolute Gasteiger partial charge is 0.387 e. The molecule has 0 bridgehead atoms. The standard InChI is InChI=1S/C15H25N3O/c1-4-18-9-5-6-14(18)11-17(3)13-7-8-15(12(2)19)16-10-13/h7-8,10,12,14,19H,4-6,9,11H2,1-3H3. The Morgan fingerprint density at radius 3 is 2.89 bits per heavy atom. The highest BCUT2D eigenvalue weighted by atomic mass is 16.3. The van der Waals surface area contributed by atoms with Crippen LogP contribution in [0.5, 0.6) is 0 Å². The fourth-order valence-electron chi connectivity index (χ4n) is 2.81. The van der Waals surface area contributed by atoms with Gasteiger partial charge in [-0.1, -0.05) is 6.92 Å². The van der Waals surface area contributed by atoms with Gasteiger partial charge in [0.1, 0.15) is 0 Å². The van der Waals surface area contributed by atoms with Crippen molar-refractivity contribution in [3.63, 3.8) is 0 Å². The van der Waals surface area contributed by atoms with Crippen molar-refractivity contribution in [3.8, 4) is 0 Å². The van der Waals surface area contributed by atoms with E-state index in [2.05, 4.69) is 28.8 Å². The fourth-order valence-corrected chi connectivity index (χ4v) is 2.81. The van der Waals surface area contributed by atoms with Gasteiger partial charge in [0.2, 0.25) is 0 Å². The lowest BCUT2D eigenvalue weighted by Crippen LogP contribution is -2.38. The number of likely N-dealkylation sites (N-methyl/N-ethyl adjacent to an activating group) is 2. The van der Waals surface area contributed by atoms with Gasteiger partial charge < -0.3 is 10.0 Å². The molecule has 1 aliphatic heterocycles. The van der Waals surface area contributed by atoms with Crippen molar-refractivity contribution in [1.82, 2.24) is 9.88 Å². The Morgan fingerprint density at radius 2 is 2.32 bits per heavy atom. The summed E-state index contributed by atoms with van der Waals surface area (Å²) in [5, 5.41) is 9.47. The molecular weight excluding hydrogens is 238 g/mol. The molecule has 1 fully saturated rings. The summed E-state index contributed by atoms with van der Waals surface area (Å²) in [5.41, 5.74) is 1.85. The number of pyridine rings is 1. The lowest BCUT2D eigenvalue weighted by molar-refractivity contribution is 0.194. The molecule has 0 saturated carbocycles. The van der Waals surface area contributed by atoms with Gasteiger partial charge >= 0.3 is 0 Å². The number of aromatic nitrogens is 1. The van der Waals surface area contributed by atoms with Crippen molar-refractivity contribution in [2.24, 2.45) is 0 Å². The van der Waals surface area contributed by atoms with Gasteiger partial charge in [-0.3, -0.25) is 9.88 Å². The molecule has 1 saturated heterocycles. The van der Waals surface area contributed by atoms with Crippen molar-refractivity contribution in [1.29, 1.82) is 0 Å². The van der Waals surface area contributed by atoms with E-state index in [0.717, 1.165) is 24.5 Å². The lowest BCUT2D eigenvalue weighted by Gasteiger charge is -2.28. The average Bonchev–Trinajstić information content (AvgIpc) is 2.86. The Bertz CT molecular complexity index is 391. The number of aliphatic hydroxyl groups excluding tert-OH is 1. The number of aliphatic hydroxyl groups is 1. The predicted octanol–water partition coefficient (Wildman–Crippen LogP) is 2.06. The number of hydrogen-bond acceptors (Lipinski definition) is 4. The van der Waals surface area contributed by atoms with Crippen molar-refractivity contribution in [2.75, 3.05) is 31.6 Å². The summed E-state index contributed by atoms with van der Waals surface area (Å²) in [5.74, 6) is 0. The summed E-state index contributed by atoms with van der Waals surface area (Å²) in [4.78, 5) is 9.12. The van der Waals surface area contributed by atoms with Crippen LogP contribution in [0.1, 0.15) is 38.5 Å². The van der Waals surface area contributed by atoms with E-state index in [1.54, 1.807) is 6.92 Å². The van der Waals surface area contributed by atoms with E-state index in [4.69, 9.17) is 0 Å². The number of rotatable bonds is 5. The van der Waals surface area contributed by atoms with Crippen molar-refractivity contribution in [3.05, 3.63) is 24.0 Å². The zero-order valence-electron chi connectivity index (χ0n) is 12.2. The third-order valence-corrected chi connectivity index (χ3v) is 4.03. The Kier molecular flexibility index (Phi) is 4.77. The zero-order valence-corrected chi connectivity index (χ0v) is 12.2. The zero-order chi connectivity index (χ0) is 13.8. The SMILES string of the molecule is CCN1CCCC1CN(C)c1ccc(C(C)O)nc1. The monoisotopic (exact) mass is 263 g/mol. The minimum atomic E-state index is -0.496. The molecule has 1 aromatic heterocycles. The number of hydrogen-bond donors (Lipinski definition) is 1. The quantitative estimate of drug-likeness (QED) is 0.882. The molecule has 4 nitrogen and oxygen atoms in total. The molecule has 2 atom stereocenters. The summed E-state index contributed by atoms with van der Waals surface area (Å²) < 4.78 is 0. The van der Waals surface area contributed by atoms with E-state index in [1.165, 1.54) is 19.4 Å². The molecule has 0 radical (unpaired) electrons. The second-order valence-corrected chi connectivity index (χ2v) is 5.42. The normalized spacial score (nSPS) is 21.6. The molecule has 2 rings (SSSR count). The molecule has 0 spiro atoms.